The second kappa shape index (κ2) is 6.53. The van der Waals surface area contributed by atoms with Crippen molar-refractivity contribution in [2.45, 2.75) is 24.2 Å². The lowest BCUT2D eigenvalue weighted by atomic mass is 10.0. The number of nitrogens with zero attached hydrogens (tertiary/aromatic N) is 1. The summed E-state index contributed by atoms with van der Waals surface area (Å²) in [6, 6.07) is 4.94. The molecule has 0 radical (unpaired) electrons. The van der Waals surface area contributed by atoms with Gasteiger partial charge in [0.25, 0.3) is 0 Å². The van der Waals surface area contributed by atoms with E-state index in [9.17, 15) is 16.8 Å². The first-order valence-electron chi connectivity index (χ1n) is 7.02. The lowest BCUT2D eigenvalue weighted by Crippen LogP contribution is -2.33. The molecule has 1 aliphatic heterocycles. The Labute approximate surface area is 131 Å². The second-order valence-electron chi connectivity index (χ2n) is 5.45. The average Bonchev–Trinajstić information content (AvgIpc) is 2.41. The molecule has 1 aromatic rings. The Balaban J connectivity index is 2.10. The van der Waals surface area contributed by atoms with Gasteiger partial charge in [0.05, 0.1) is 11.2 Å². The molecule has 0 amide bonds. The lowest BCUT2D eigenvalue weighted by molar-refractivity contribution is 0.582. The van der Waals surface area contributed by atoms with Crippen LogP contribution in [0.2, 0.25) is 0 Å². The number of hydrogen-bond donors (Lipinski definition) is 2. The van der Waals surface area contributed by atoms with Crippen LogP contribution in [0.5, 0.6) is 0 Å². The van der Waals surface area contributed by atoms with Crippen molar-refractivity contribution in [2.75, 3.05) is 30.8 Å². The monoisotopic (exact) mass is 347 g/mol. The third-order valence-corrected chi connectivity index (χ3v) is 5.21. The van der Waals surface area contributed by atoms with Gasteiger partial charge in [-0.3, -0.25) is 0 Å². The fourth-order valence-corrected chi connectivity index (χ4v) is 3.62. The smallest absolute Gasteiger partial charge is 0.238 e. The molecular weight excluding hydrogens is 326 g/mol. The van der Waals surface area contributed by atoms with Crippen molar-refractivity contribution < 1.29 is 16.8 Å². The van der Waals surface area contributed by atoms with Crippen molar-refractivity contribution >= 4 is 25.7 Å². The van der Waals surface area contributed by atoms with Gasteiger partial charge in [-0.2, -0.15) is 0 Å². The van der Waals surface area contributed by atoms with Crippen LogP contribution >= 0.6 is 0 Å². The predicted octanol–water partition coefficient (Wildman–Crippen LogP) is 0.0259. The lowest BCUT2D eigenvalue weighted by Gasteiger charge is -2.31. The molecule has 124 valence electrons. The van der Waals surface area contributed by atoms with Crippen molar-refractivity contribution in [1.82, 2.24) is 4.72 Å². The van der Waals surface area contributed by atoms with E-state index in [2.05, 4.69) is 9.62 Å². The van der Waals surface area contributed by atoms with Crippen LogP contribution in [0.25, 0.3) is 0 Å². The van der Waals surface area contributed by atoms with Gasteiger partial charge in [0.15, 0.2) is 0 Å². The number of nitrogens with one attached hydrogen (secondary N) is 1. The highest BCUT2D eigenvalue weighted by Gasteiger charge is 2.19. The Hall–Kier alpha value is -1.16. The van der Waals surface area contributed by atoms with Crippen LogP contribution in [0.1, 0.15) is 18.4 Å². The molecule has 22 heavy (non-hydrogen) atoms. The van der Waals surface area contributed by atoms with Crippen LogP contribution < -0.4 is 14.8 Å². The molecule has 0 unspecified atom stereocenters. The molecule has 3 N–H and O–H groups in total. The number of fused-ring (bicyclic) bond motifs is 1. The molecule has 0 saturated heterocycles. The zero-order valence-electron chi connectivity index (χ0n) is 12.4. The molecule has 1 aliphatic rings. The number of primary sulfonamides is 1. The second-order valence-corrected chi connectivity index (χ2v) is 8.84. The SMILES string of the molecule is CS(=O)(=O)NCCCN1CCCc2ccc(S(N)(=O)=O)cc21. The van der Waals surface area contributed by atoms with Crippen LogP contribution in [-0.4, -0.2) is 42.7 Å². The molecule has 0 aliphatic carbocycles. The quantitative estimate of drug-likeness (QED) is 0.705. The highest BCUT2D eigenvalue weighted by molar-refractivity contribution is 7.89. The first kappa shape index (κ1) is 17.2. The van der Waals surface area contributed by atoms with Crippen LogP contribution in [0.4, 0.5) is 5.69 Å². The molecule has 0 fully saturated rings. The van der Waals surface area contributed by atoms with Crippen molar-refractivity contribution in [2.24, 2.45) is 5.14 Å². The Morgan fingerprint density at radius 3 is 2.64 bits per heavy atom. The molecule has 0 spiro atoms. The van der Waals surface area contributed by atoms with E-state index in [1.165, 1.54) is 6.07 Å². The molecule has 0 aromatic heterocycles. The number of sulfonamides is 2. The summed E-state index contributed by atoms with van der Waals surface area (Å²) in [6.07, 6.45) is 3.66. The van der Waals surface area contributed by atoms with E-state index in [0.717, 1.165) is 36.9 Å². The van der Waals surface area contributed by atoms with Gasteiger partial charge in [-0.05, 0) is 37.0 Å². The highest BCUT2D eigenvalue weighted by atomic mass is 32.2. The maximum Gasteiger partial charge on any atom is 0.238 e. The zero-order valence-corrected chi connectivity index (χ0v) is 14.1. The predicted molar refractivity (Wildman–Crippen MR) is 85.8 cm³/mol. The van der Waals surface area contributed by atoms with Gasteiger partial charge in [-0.25, -0.2) is 26.7 Å². The maximum absolute atomic E-state index is 11.5. The van der Waals surface area contributed by atoms with Gasteiger partial charge in [-0.1, -0.05) is 6.07 Å². The van der Waals surface area contributed by atoms with E-state index in [4.69, 9.17) is 5.14 Å². The van der Waals surface area contributed by atoms with Gasteiger partial charge in [0.1, 0.15) is 0 Å². The highest BCUT2D eigenvalue weighted by Crippen LogP contribution is 2.29. The average molecular weight is 347 g/mol. The molecule has 0 atom stereocenters. The first-order chi connectivity index (χ1) is 10.2. The molecule has 7 nitrogen and oxygen atoms in total. The summed E-state index contributed by atoms with van der Waals surface area (Å²) in [5.74, 6) is 0. The van der Waals surface area contributed by atoms with Crippen molar-refractivity contribution in [3.63, 3.8) is 0 Å². The topological polar surface area (TPSA) is 110 Å². The van der Waals surface area contributed by atoms with E-state index in [0.29, 0.717) is 19.5 Å². The summed E-state index contributed by atoms with van der Waals surface area (Å²) in [6.45, 7) is 1.84. The largest absolute Gasteiger partial charge is 0.371 e. The maximum atomic E-state index is 11.5. The molecule has 0 saturated carbocycles. The minimum Gasteiger partial charge on any atom is -0.371 e. The minimum absolute atomic E-state index is 0.104. The normalized spacial score (nSPS) is 15.6. The summed E-state index contributed by atoms with van der Waals surface area (Å²) >= 11 is 0. The Morgan fingerprint density at radius 1 is 1.27 bits per heavy atom. The zero-order chi connectivity index (χ0) is 16.4. The Kier molecular flexibility index (Phi) is 5.10. The van der Waals surface area contributed by atoms with Gasteiger partial charge >= 0.3 is 0 Å². The molecule has 9 heteroatoms. The third kappa shape index (κ3) is 4.67. The summed E-state index contributed by atoms with van der Waals surface area (Å²) in [4.78, 5) is 2.18. The fraction of sp³-hybridized carbons (Fsp3) is 0.538. The summed E-state index contributed by atoms with van der Waals surface area (Å²) in [5, 5.41) is 5.18. The van der Waals surface area contributed by atoms with Gasteiger partial charge < -0.3 is 4.90 Å². The van der Waals surface area contributed by atoms with Gasteiger partial charge in [0, 0.05) is 25.3 Å². The van der Waals surface area contributed by atoms with Crippen molar-refractivity contribution in [3.8, 4) is 0 Å². The number of anilines is 1. The fourth-order valence-electron chi connectivity index (χ4n) is 2.57. The van der Waals surface area contributed by atoms with Crippen molar-refractivity contribution in [1.29, 1.82) is 0 Å². The van der Waals surface area contributed by atoms with Gasteiger partial charge in [-0.15, -0.1) is 0 Å². The third-order valence-electron chi connectivity index (χ3n) is 3.57. The van der Waals surface area contributed by atoms with E-state index in [1.54, 1.807) is 12.1 Å². The number of rotatable bonds is 6. The van der Waals surface area contributed by atoms with Crippen LogP contribution in [0, 0.1) is 0 Å². The van der Waals surface area contributed by atoms with E-state index in [1.807, 2.05) is 0 Å². The summed E-state index contributed by atoms with van der Waals surface area (Å²) in [5.41, 5.74) is 1.96. The van der Waals surface area contributed by atoms with E-state index in [-0.39, 0.29) is 4.90 Å². The number of aryl methyl sites for hydroxylation is 1. The minimum atomic E-state index is -3.72. The summed E-state index contributed by atoms with van der Waals surface area (Å²) in [7, 11) is -6.90. The number of benzene rings is 1. The first-order valence-corrected chi connectivity index (χ1v) is 10.5. The van der Waals surface area contributed by atoms with E-state index >= 15 is 0 Å². The molecule has 1 heterocycles. The number of nitrogens with two attached hydrogens (primary N) is 1. The molecule has 2 rings (SSSR count). The summed E-state index contributed by atoms with van der Waals surface area (Å²) < 4.78 is 47.5. The molecular formula is C13H21N3O4S2. The van der Waals surface area contributed by atoms with Crippen LogP contribution in [0.15, 0.2) is 23.1 Å². The molecule has 1 aromatic carbocycles. The standard InChI is InChI=1S/C13H21N3O4S2/c1-21(17,18)15-7-3-9-16-8-2-4-11-5-6-12(10-13(11)16)22(14,19)20/h5-6,10,15H,2-4,7-9H2,1H3,(H2,14,19,20). The van der Waals surface area contributed by atoms with Crippen molar-refractivity contribution in [3.05, 3.63) is 23.8 Å². The molecule has 0 bridgehead atoms. The van der Waals surface area contributed by atoms with Crippen LogP contribution in [0.3, 0.4) is 0 Å². The number of hydrogen-bond acceptors (Lipinski definition) is 5. The van der Waals surface area contributed by atoms with Gasteiger partial charge in [0.2, 0.25) is 20.0 Å². The Morgan fingerprint density at radius 2 is 2.00 bits per heavy atom. The van der Waals surface area contributed by atoms with Crippen LogP contribution in [-0.2, 0) is 26.5 Å². The van der Waals surface area contributed by atoms with E-state index < -0.39 is 20.0 Å². The Bertz CT molecular complexity index is 745.